The summed E-state index contributed by atoms with van der Waals surface area (Å²) in [6, 6.07) is 8.06. The molecule has 1 aliphatic heterocycles. The molecule has 0 radical (unpaired) electrons. The Hall–Kier alpha value is -2.34. The molecule has 1 amide bonds. The molecule has 0 unspecified atom stereocenters. The van der Waals surface area contributed by atoms with Gasteiger partial charge in [0.05, 0.1) is 13.2 Å². The van der Waals surface area contributed by atoms with Crippen molar-refractivity contribution in [1.82, 2.24) is 19.8 Å². The van der Waals surface area contributed by atoms with Gasteiger partial charge in [-0.15, -0.1) is 0 Å². The SMILES string of the molecule is CCc1nccn1CCC(=O)N1CCNC[C@H]1c1ccc(OC)cc1. The number of methoxy groups -OCH3 is 1. The zero-order chi connectivity index (χ0) is 17.6. The minimum absolute atomic E-state index is 0.0700. The van der Waals surface area contributed by atoms with Gasteiger partial charge in [-0.2, -0.15) is 0 Å². The lowest BCUT2D eigenvalue weighted by Crippen LogP contribution is -2.48. The van der Waals surface area contributed by atoms with E-state index in [1.807, 2.05) is 35.4 Å². The van der Waals surface area contributed by atoms with Crippen molar-refractivity contribution in [2.45, 2.75) is 32.4 Å². The highest BCUT2D eigenvalue weighted by Gasteiger charge is 2.27. The molecule has 0 bridgehead atoms. The Balaban J connectivity index is 1.68. The average Bonchev–Trinajstić information content (AvgIpc) is 3.14. The highest BCUT2D eigenvalue weighted by atomic mass is 16.5. The predicted octanol–water partition coefficient (Wildman–Crippen LogP) is 2.02. The summed E-state index contributed by atoms with van der Waals surface area (Å²) in [7, 11) is 1.66. The second kappa shape index (κ2) is 8.16. The number of aryl methyl sites for hydroxylation is 2. The number of ether oxygens (including phenoxy) is 1. The molecule has 2 aromatic rings. The lowest BCUT2D eigenvalue weighted by Gasteiger charge is -2.36. The maximum Gasteiger partial charge on any atom is 0.224 e. The number of amides is 1. The first-order valence-electron chi connectivity index (χ1n) is 8.87. The molecule has 1 aromatic carbocycles. The van der Waals surface area contributed by atoms with E-state index >= 15 is 0 Å². The number of carbonyl (C=O) groups is 1. The summed E-state index contributed by atoms with van der Waals surface area (Å²) >= 11 is 0. The number of nitrogens with one attached hydrogen (secondary N) is 1. The highest BCUT2D eigenvalue weighted by molar-refractivity contribution is 5.77. The number of imidazole rings is 1. The zero-order valence-corrected chi connectivity index (χ0v) is 14.9. The zero-order valence-electron chi connectivity index (χ0n) is 14.9. The number of hydrogen-bond acceptors (Lipinski definition) is 4. The minimum atomic E-state index is 0.0700. The summed E-state index contributed by atoms with van der Waals surface area (Å²) in [6.07, 6.45) is 5.12. The van der Waals surface area contributed by atoms with E-state index in [1.54, 1.807) is 13.3 Å². The van der Waals surface area contributed by atoms with Crippen LogP contribution in [0, 0.1) is 0 Å². The fourth-order valence-corrected chi connectivity index (χ4v) is 3.34. The van der Waals surface area contributed by atoms with E-state index in [2.05, 4.69) is 21.8 Å². The van der Waals surface area contributed by atoms with Gasteiger partial charge in [-0.25, -0.2) is 4.98 Å². The van der Waals surface area contributed by atoms with E-state index < -0.39 is 0 Å². The van der Waals surface area contributed by atoms with Crippen molar-refractivity contribution in [3.05, 3.63) is 48.0 Å². The molecule has 1 aliphatic rings. The van der Waals surface area contributed by atoms with E-state index in [0.29, 0.717) is 13.0 Å². The van der Waals surface area contributed by atoms with Crippen molar-refractivity contribution >= 4 is 5.91 Å². The molecule has 1 N–H and O–H groups in total. The molecule has 0 saturated carbocycles. The van der Waals surface area contributed by atoms with Crippen molar-refractivity contribution in [2.75, 3.05) is 26.7 Å². The number of benzene rings is 1. The molecule has 0 spiro atoms. The topological polar surface area (TPSA) is 59.4 Å². The number of piperazine rings is 1. The summed E-state index contributed by atoms with van der Waals surface area (Å²) in [4.78, 5) is 19.2. The Kier molecular flexibility index (Phi) is 5.71. The summed E-state index contributed by atoms with van der Waals surface area (Å²) in [5.41, 5.74) is 1.14. The fourth-order valence-electron chi connectivity index (χ4n) is 3.34. The number of hydrogen-bond donors (Lipinski definition) is 1. The Labute approximate surface area is 148 Å². The lowest BCUT2D eigenvalue weighted by atomic mass is 10.0. The van der Waals surface area contributed by atoms with Crippen LogP contribution in [-0.4, -0.2) is 47.1 Å². The van der Waals surface area contributed by atoms with Crippen LogP contribution in [0.3, 0.4) is 0 Å². The number of rotatable bonds is 6. The monoisotopic (exact) mass is 342 g/mol. The Bertz CT molecular complexity index is 696. The van der Waals surface area contributed by atoms with E-state index in [4.69, 9.17) is 4.74 Å². The van der Waals surface area contributed by atoms with Crippen molar-refractivity contribution in [3.63, 3.8) is 0 Å². The summed E-state index contributed by atoms with van der Waals surface area (Å²) < 4.78 is 7.30. The second-order valence-electron chi connectivity index (χ2n) is 6.22. The van der Waals surface area contributed by atoms with E-state index in [9.17, 15) is 4.79 Å². The molecule has 6 nitrogen and oxygen atoms in total. The maximum absolute atomic E-state index is 12.8. The molecule has 3 rings (SSSR count). The highest BCUT2D eigenvalue weighted by Crippen LogP contribution is 2.25. The smallest absolute Gasteiger partial charge is 0.224 e. The van der Waals surface area contributed by atoms with Crippen LogP contribution in [0.4, 0.5) is 0 Å². The first-order valence-corrected chi connectivity index (χ1v) is 8.87. The number of aromatic nitrogens is 2. The molecule has 1 saturated heterocycles. The lowest BCUT2D eigenvalue weighted by molar-refractivity contribution is -0.134. The number of carbonyl (C=O) groups excluding carboxylic acids is 1. The van der Waals surface area contributed by atoms with Crippen LogP contribution in [0.5, 0.6) is 5.75 Å². The first-order chi connectivity index (χ1) is 12.2. The quantitative estimate of drug-likeness (QED) is 0.872. The van der Waals surface area contributed by atoms with E-state index in [-0.39, 0.29) is 11.9 Å². The third-order valence-electron chi connectivity index (χ3n) is 4.75. The summed E-state index contributed by atoms with van der Waals surface area (Å²) in [5, 5.41) is 3.39. The van der Waals surface area contributed by atoms with E-state index in [1.165, 1.54) is 0 Å². The molecule has 1 atom stereocenters. The normalized spacial score (nSPS) is 17.5. The van der Waals surface area contributed by atoms with Gasteiger partial charge >= 0.3 is 0 Å². The van der Waals surface area contributed by atoms with Crippen molar-refractivity contribution in [2.24, 2.45) is 0 Å². The standard InChI is InChI=1S/C19H26N4O2/c1-3-18-21-10-12-22(18)11-8-19(24)23-13-9-20-14-17(23)15-4-6-16(25-2)7-5-15/h4-7,10,12,17,20H,3,8-9,11,13-14H2,1-2H3/t17-/m0/s1. The van der Waals surface area contributed by atoms with Gasteiger partial charge in [0.25, 0.3) is 0 Å². The summed E-state index contributed by atoms with van der Waals surface area (Å²) in [6.45, 7) is 5.12. The van der Waals surface area contributed by atoms with Crippen LogP contribution in [0.1, 0.15) is 30.8 Å². The third kappa shape index (κ3) is 4.02. The predicted molar refractivity (Wildman–Crippen MR) is 96.5 cm³/mol. The fraction of sp³-hybridized carbons (Fsp3) is 0.474. The minimum Gasteiger partial charge on any atom is -0.497 e. The van der Waals surface area contributed by atoms with Gasteiger partial charge < -0.3 is 19.5 Å². The van der Waals surface area contributed by atoms with Gasteiger partial charge in [0.1, 0.15) is 11.6 Å². The molecule has 25 heavy (non-hydrogen) atoms. The molecular formula is C19H26N4O2. The van der Waals surface area contributed by atoms with Gasteiger partial charge in [-0.3, -0.25) is 4.79 Å². The van der Waals surface area contributed by atoms with Crippen molar-refractivity contribution in [3.8, 4) is 5.75 Å². The Morgan fingerprint density at radius 1 is 1.36 bits per heavy atom. The molecule has 0 aliphatic carbocycles. The Morgan fingerprint density at radius 2 is 2.16 bits per heavy atom. The third-order valence-corrected chi connectivity index (χ3v) is 4.75. The van der Waals surface area contributed by atoms with Crippen LogP contribution in [0.25, 0.3) is 0 Å². The van der Waals surface area contributed by atoms with Gasteiger partial charge in [0.2, 0.25) is 5.91 Å². The van der Waals surface area contributed by atoms with Gasteiger partial charge in [0, 0.05) is 51.4 Å². The molecule has 134 valence electrons. The van der Waals surface area contributed by atoms with Gasteiger partial charge in [0.15, 0.2) is 0 Å². The average molecular weight is 342 g/mol. The van der Waals surface area contributed by atoms with Crippen LogP contribution in [0.2, 0.25) is 0 Å². The maximum atomic E-state index is 12.8. The van der Waals surface area contributed by atoms with Crippen LogP contribution in [0.15, 0.2) is 36.7 Å². The van der Waals surface area contributed by atoms with Gasteiger partial charge in [-0.1, -0.05) is 19.1 Å². The molecule has 1 aromatic heterocycles. The largest absolute Gasteiger partial charge is 0.497 e. The Morgan fingerprint density at radius 3 is 2.88 bits per heavy atom. The molecule has 2 heterocycles. The molecule has 6 heteroatoms. The van der Waals surface area contributed by atoms with Crippen molar-refractivity contribution in [1.29, 1.82) is 0 Å². The second-order valence-corrected chi connectivity index (χ2v) is 6.22. The molecular weight excluding hydrogens is 316 g/mol. The van der Waals surface area contributed by atoms with E-state index in [0.717, 1.165) is 43.2 Å². The van der Waals surface area contributed by atoms with Gasteiger partial charge in [-0.05, 0) is 17.7 Å². The first kappa shape index (κ1) is 17.5. The van der Waals surface area contributed by atoms with Crippen LogP contribution < -0.4 is 10.1 Å². The van der Waals surface area contributed by atoms with Crippen molar-refractivity contribution < 1.29 is 9.53 Å². The molecule has 1 fully saturated rings. The van der Waals surface area contributed by atoms with Crippen LogP contribution >= 0.6 is 0 Å². The van der Waals surface area contributed by atoms with Crippen LogP contribution in [-0.2, 0) is 17.8 Å². The summed E-state index contributed by atoms with van der Waals surface area (Å²) in [5.74, 6) is 2.05. The number of nitrogens with zero attached hydrogens (tertiary/aromatic N) is 3.